The van der Waals surface area contributed by atoms with Crippen molar-refractivity contribution >= 4 is 28.6 Å². The van der Waals surface area contributed by atoms with E-state index in [0.717, 1.165) is 30.0 Å². The summed E-state index contributed by atoms with van der Waals surface area (Å²) in [5, 5.41) is 6.04. The lowest BCUT2D eigenvalue weighted by Crippen LogP contribution is -2.07. The van der Waals surface area contributed by atoms with Crippen molar-refractivity contribution in [3.8, 4) is 0 Å². The molecular formula is C17H17N5O. The summed E-state index contributed by atoms with van der Waals surface area (Å²) in [6, 6.07) is 11.6. The van der Waals surface area contributed by atoms with Crippen molar-refractivity contribution in [3.05, 3.63) is 54.4 Å². The minimum atomic E-state index is -0.0649. The average Bonchev–Trinajstić information content (AvgIpc) is 2.56. The first kappa shape index (κ1) is 14.9. The van der Waals surface area contributed by atoms with Crippen LogP contribution in [0.15, 0.2) is 48.8 Å². The molecule has 3 rings (SSSR count). The molecule has 0 spiro atoms. The van der Waals surface area contributed by atoms with Gasteiger partial charge in [-0.15, -0.1) is 0 Å². The van der Waals surface area contributed by atoms with Crippen LogP contribution in [0.1, 0.15) is 12.5 Å². The molecule has 0 aliphatic carbocycles. The number of anilines is 2. The first-order valence-electron chi connectivity index (χ1n) is 7.39. The van der Waals surface area contributed by atoms with Crippen molar-refractivity contribution in [3.63, 3.8) is 0 Å². The van der Waals surface area contributed by atoms with Gasteiger partial charge in [0.2, 0.25) is 5.91 Å². The van der Waals surface area contributed by atoms with Gasteiger partial charge in [-0.1, -0.05) is 12.1 Å². The topological polar surface area (TPSA) is 79.8 Å². The van der Waals surface area contributed by atoms with E-state index in [1.165, 1.54) is 12.5 Å². The Morgan fingerprint density at radius 1 is 1.04 bits per heavy atom. The zero-order valence-corrected chi connectivity index (χ0v) is 12.8. The minimum Gasteiger partial charge on any atom is -0.370 e. The van der Waals surface area contributed by atoms with Crippen LogP contribution >= 0.6 is 0 Å². The molecule has 0 saturated carbocycles. The van der Waals surface area contributed by atoms with E-state index in [0.29, 0.717) is 5.65 Å². The van der Waals surface area contributed by atoms with E-state index in [9.17, 15) is 4.79 Å². The molecule has 1 aromatic carbocycles. The third kappa shape index (κ3) is 4.00. The summed E-state index contributed by atoms with van der Waals surface area (Å²) in [6.45, 7) is 2.26. The van der Waals surface area contributed by atoms with E-state index in [1.807, 2.05) is 36.4 Å². The second kappa shape index (κ2) is 6.83. The third-order valence-corrected chi connectivity index (χ3v) is 3.33. The van der Waals surface area contributed by atoms with Gasteiger partial charge in [0.1, 0.15) is 11.3 Å². The summed E-state index contributed by atoms with van der Waals surface area (Å²) < 4.78 is 0. The standard InChI is InChI=1S/C17H17N5O/c1-12(23)21-14-4-2-13(3-5-14)8-9-19-16-7-6-15-17(22-16)20-11-10-18-15/h2-7,10-11H,8-9H2,1H3,(H,21,23)(H,19,20,22). The number of pyridine rings is 1. The van der Waals surface area contributed by atoms with Gasteiger partial charge in [0.15, 0.2) is 5.65 Å². The van der Waals surface area contributed by atoms with Crippen molar-refractivity contribution < 1.29 is 4.79 Å². The number of carbonyl (C=O) groups is 1. The fourth-order valence-corrected chi connectivity index (χ4v) is 2.25. The van der Waals surface area contributed by atoms with Gasteiger partial charge < -0.3 is 10.6 Å². The Morgan fingerprint density at radius 3 is 2.61 bits per heavy atom. The Kier molecular flexibility index (Phi) is 4.42. The molecule has 0 saturated heterocycles. The molecule has 0 aliphatic rings. The van der Waals surface area contributed by atoms with Gasteiger partial charge in [0, 0.05) is 31.5 Å². The number of amides is 1. The number of hydrogen-bond donors (Lipinski definition) is 2. The van der Waals surface area contributed by atoms with Crippen LogP contribution in [-0.2, 0) is 11.2 Å². The molecule has 2 N–H and O–H groups in total. The van der Waals surface area contributed by atoms with Gasteiger partial charge in [-0.05, 0) is 36.2 Å². The zero-order valence-electron chi connectivity index (χ0n) is 12.8. The maximum absolute atomic E-state index is 11.0. The van der Waals surface area contributed by atoms with E-state index in [2.05, 4.69) is 25.6 Å². The van der Waals surface area contributed by atoms with Crippen molar-refractivity contribution in [2.24, 2.45) is 0 Å². The van der Waals surface area contributed by atoms with Crippen LogP contribution in [-0.4, -0.2) is 27.4 Å². The highest BCUT2D eigenvalue weighted by Crippen LogP contribution is 2.12. The van der Waals surface area contributed by atoms with Crippen LogP contribution < -0.4 is 10.6 Å². The van der Waals surface area contributed by atoms with Gasteiger partial charge in [-0.25, -0.2) is 9.97 Å². The molecule has 0 radical (unpaired) electrons. The fourth-order valence-electron chi connectivity index (χ4n) is 2.25. The van der Waals surface area contributed by atoms with Crippen molar-refractivity contribution in [1.82, 2.24) is 15.0 Å². The van der Waals surface area contributed by atoms with E-state index >= 15 is 0 Å². The summed E-state index contributed by atoms with van der Waals surface area (Å²) in [5.41, 5.74) is 3.42. The Bertz CT molecular complexity index is 817. The molecule has 116 valence electrons. The highest BCUT2D eigenvalue weighted by Gasteiger charge is 2.00. The lowest BCUT2D eigenvalue weighted by molar-refractivity contribution is -0.114. The maximum Gasteiger partial charge on any atom is 0.221 e. The zero-order chi connectivity index (χ0) is 16.1. The van der Waals surface area contributed by atoms with Gasteiger partial charge in [-0.3, -0.25) is 9.78 Å². The highest BCUT2D eigenvalue weighted by atomic mass is 16.1. The predicted octanol–water partition coefficient (Wildman–Crippen LogP) is 2.64. The van der Waals surface area contributed by atoms with Crippen LogP contribution in [0.4, 0.5) is 11.5 Å². The lowest BCUT2D eigenvalue weighted by atomic mass is 10.1. The van der Waals surface area contributed by atoms with Gasteiger partial charge in [0.05, 0.1) is 0 Å². The second-order valence-electron chi connectivity index (χ2n) is 5.15. The van der Waals surface area contributed by atoms with Gasteiger partial charge >= 0.3 is 0 Å². The summed E-state index contributed by atoms with van der Waals surface area (Å²) in [7, 11) is 0. The number of nitrogens with one attached hydrogen (secondary N) is 2. The summed E-state index contributed by atoms with van der Waals surface area (Å²) in [6.07, 6.45) is 4.15. The summed E-state index contributed by atoms with van der Waals surface area (Å²) in [5.74, 6) is 0.720. The van der Waals surface area contributed by atoms with E-state index in [-0.39, 0.29) is 5.91 Å². The smallest absolute Gasteiger partial charge is 0.221 e. The molecule has 0 fully saturated rings. The van der Waals surface area contributed by atoms with Crippen LogP contribution in [0.3, 0.4) is 0 Å². The Morgan fingerprint density at radius 2 is 1.83 bits per heavy atom. The predicted molar refractivity (Wildman–Crippen MR) is 90.3 cm³/mol. The number of rotatable bonds is 5. The number of carbonyl (C=O) groups excluding carboxylic acids is 1. The molecule has 2 aromatic heterocycles. The van der Waals surface area contributed by atoms with E-state index in [4.69, 9.17) is 0 Å². The van der Waals surface area contributed by atoms with E-state index in [1.54, 1.807) is 12.4 Å². The molecule has 0 atom stereocenters. The lowest BCUT2D eigenvalue weighted by Gasteiger charge is -2.07. The molecule has 0 unspecified atom stereocenters. The van der Waals surface area contributed by atoms with Crippen LogP contribution in [0.5, 0.6) is 0 Å². The molecule has 6 heteroatoms. The molecule has 3 aromatic rings. The Hall–Kier alpha value is -3.02. The molecule has 6 nitrogen and oxygen atoms in total. The van der Waals surface area contributed by atoms with Gasteiger partial charge in [-0.2, -0.15) is 0 Å². The molecule has 23 heavy (non-hydrogen) atoms. The molecule has 1 amide bonds. The minimum absolute atomic E-state index is 0.0649. The largest absolute Gasteiger partial charge is 0.370 e. The maximum atomic E-state index is 11.0. The van der Waals surface area contributed by atoms with Crippen molar-refractivity contribution in [2.75, 3.05) is 17.2 Å². The molecule has 0 bridgehead atoms. The molecule has 0 aliphatic heterocycles. The second-order valence-corrected chi connectivity index (χ2v) is 5.15. The number of nitrogens with zero attached hydrogens (tertiary/aromatic N) is 3. The normalized spacial score (nSPS) is 10.5. The third-order valence-electron chi connectivity index (χ3n) is 3.33. The number of benzene rings is 1. The quantitative estimate of drug-likeness (QED) is 0.757. The number of fused-ring (bicyclic) bond motifs is 1. The fraction of sp³-hybridized carbons (Fsp3) is 0.176. The summed E-state index contributed by atoms with van der Waals surface area (Å²) >= 11 is 0. The van der Waals surface area contributed by atoms with Crippen molar-refractivity contribution in [1.29, 1.82) is 0 Å². The first-order chi connectivity index (χ1) is 11.2. The summed E-state index contributed by atoms with van der Waals surface area (Å²) in [4.78, 5) is 23.8. The van der Waals surface area contributed by atoms with Gasteiger partial charge in [0.25, 0.3) is 0 Å². The van der Waals surface area contributed by atoms with Crippen molar-refractivity contribution in [2.45, 2.75) is 13.3 Å². The van der Waals surface area contributed by atoms with Crippen LogP contribution in [0.2, 0.25) is 0 Å². The Labute approximate surface area is 134 Å². The average molecular weight is 307 g/mol. The molecule has 2 heterocycles. The number of aromatic nitrogens is 3. The van der Waals surface area contributed by atoms with Crippen LogP contribution in [0, 0.1) is 0 Å². The SMILES string of the molecule is CC(=O)Nc1ccc(CCNc2ccc3nccnc3n2)cc1. The first-order valence-corrected chi connectivity index (χ1v) is 7.39. The monoisotopic (exact) mass is 307 g/mol. The van der Waals surface area contributed by atoms with Crippen LogP contribution in [0.25, 0.3) is 11.2 Å². The van der Waals surface area contributed by atoms with E-state index < -0.39 is 0 Å². The Balaban J connectivity index is 1.56. The highest BCUT2D eigenvalue weighted by molar-refractivity contribution is 5.88. The molecular weight excluding hydrogens is 290 g/mol. The number of hydrogen-bond acceptors (Lipinski definition) is 5.